The first-order valence-electron chi connectivity index (χ1n) is 8.85. The molecule has 28 heavy (non-hydrogen) atoms. The van der Waals surface area contributed by atoms with E-state index >= 15 is 0 Å². The predicted octanol–water partition coefficient (Wildman–Crippen LogP) is 4.64. The van der Waals surface area contributed by atoms with Gasteiger partial charge in [-0.25, -0.2) is 8.42 Å². The fraction of sp³-hybridized carbons (Fsp3) is 0.250. The number of carbonyl (C=O) groups excluding carboxylic acids is 1. The summed E-state index contributed by atoms with van der Waals surface area (Å²) in [5, 5.41) is 4.66. The molecule has 5 nitrogen and oxygen atoms in total. The third-order valence-corrected chi connectivity index (χ3v) is 7.01. The molecule has 0 atom stereocenters. The zero-order valence-corrected chi connectivity index (χ0v) is 17.3. The first-order chi connectivity index (χ1) is 13.4. The van der Waals surface area contributed by atoms with Crippen LogP contribution in [0.1, 0.15) is 18.4 Å². The fourth-order valence-electron chi connectivity index (χ4n) is 3.02. The van der Waals surface area contributed by atoms with E-state index in [1.165, 1.54) is 9.71 Å². The van der Waals surface area contributed by atoms with E-state index in [0.717, 1.165) is 5.56 Å². The molecule has 1 aliphatic rings. The van der Waals surface area contributed by atoms with Gasteiger partial charge in [-0.3, -0.25) is 4.79 Å². The summed E-state index contributed by atoms with van der Waals surface area (Å²) in [5.74, 6) is -0.458. The minimum absolute atomic E-state index is 0.180. The van der Waals surface area contributed by atoms with E-state index < -0.39 is 10.0 Å². The predicted molar refractivity (Wildman–Crippen MR) is 114 cm³/mol. The van der Waals surface area contributed by atoms with Gasteiger partial charge in [0.15, 0.2) is 0 Å². The monoisotopic (exact) mass is 438 g/mol. The molecule has 8 heteroatoms. The van der Waals surface area contributed by atoms with Crippen molar-refractivity contribution in [2.45, 2.75) is 12.8 Å². The largest absolute Gasteiger partial charge is 0.324 e. The summed E-state index contributed by atoms with van der Waals surface area (Å²) in [6, 6.07) is 14.3. The van der Waals surface area contributed by atoms with E-state index in [1.807, 2.05) is 30.3 Å². The number of rotatable bonds is 5. The molecule has 2 aromatic carbocycles. The Labute approximate surface area is 175 Å². The topological polar surface area (TPSA) is 66.5 Å². The second kappa shape index (κ2) is 9.09. The quantitative estimate of drug-likeness (QED) is 0.738. The van der Waals surface area contributed by atoms with Crippen molar-refractivity contribution in [1.29, 1.82) is 0 Å². The lowest BCUT2D eigenvalue weighted by molar-refractivity contribution is -0.120. The van der Waals surface area contributed by atoms with Crippen molar-refractivity contribution in [1.82, 2.24) is 4.31 Å². The van der Waals surface area contributed by atoms with Crippen molar-refractivity contribution in [3.8, 4) is 0 Å². The van der Waals surface area contributed by atoms with Crippen molar-refractivity contribution >= 4 is 50.9 Å². The Hall–Kier alpha value is -1.86. The standard InChI is InChI=1S/C20H20Cl2N2O3S/c21-17-7-4-8-18(19(17)22)23-20(25)16-9-12-24(13-10-16)28(26,27)14-11-15-5-2-1-3-6-15/h1-8,11,14,16H,9-10,12-13H2,(H,23,25)/b14-11+. The van der Waals surface area contributed by atoms with E-state index in [0.29, 0.717) is 41.7 Å². The number of sulfonamides is 1. The Bertz CT molecular complexity index is 970. The number of anilines is 1. The van der Waals surface area contributed by atoms with Gasteiger partial charge in [0.1, 0.15) is 0 Å². The zero-order chi connectivity index (χ0) is 20.1. The van der Waals surface area contributed by atoms with Gasteiger partial charge >= 0.3 is 0 Å². The maximum Gasteiger partial charge on any atom is 0.236 e. The smallest absolute Gasteiger partial charge is 0.236 e. The van der Waals surface area contributed by atoms with Crippen molar-refractivity contribution in [2.75, 3.05) is 18.4 Å². The molecule has 0 aliphatic carbocycles. The summed E-state index contributed by atoms with van der Waals surface area (Å²) < 4.78 is 26.4. The molecule has 0 radical (unpaired) electrons. The Morgan fingerprint density at radius 2 is 1.71 bits per heavy atom. The molecule has 1 amide bonds. The number of benzene rings is 2. The summed E-state index contributed by atoms with van der Waals surface area (Å²) in [6.07, 6.45) is 2.47. The highest BCUT2D eigenvalue weighted by Gasteiger charge is 2.30. The minimum Gasteiger partial charge on any atom is -0.324 e. The van der Waals surface area contributed by atoms with Crippen LogP contribution in [-0.2, 0) is 14.8 Å². The second-order valence-electron chi connectivity index (χ2n) is 6.52. The van der Waals surface area contributed by atoms with Crippen LogP contribution in [-0.4, -0.2) is 31.7 Å². The van der Waals surface area contributed by atoms with Crippen LogP contribution in [0, 0.1) is 5.92 Å². The van der Waals surface area contributed by atoms with Crippen molar-refractivity contribution in [2.24, 2.45) is 5.92 Å². The Kier molecular flexibility index (Phi) is 6.78. The highest BCUT2D eigenvalue weighted by Crippen LogP contribution is 2.30. The van der Waals surface area contributed by atoms with Gasteiger partial charge in [-0.15, -0.1) is 0 Å². The number of carbonyl (C=O) groups is 1. The van der Waals surface area contributed by atoms with Gasteiger partial charge in [0.25, 0.3) is 0 Å². The summed E-state index contributed by atoms with van der Waals surface area (Å²) in [6.45, 7) is 0.589. The van der Waals surface area contributed by atoms with E-state index in [2.05, 4.69) is 5.32 Å². The van der Waals surface area contributed by atoms with Crippen LogP contribution in [0.4, 0.5) is 5.69 Å². The molecule has 0 aromatic heterocycles. The average Bonchev–Trinajstić information content (AvgIpc) is 2.71. The molecule has 1 heterocycles. The Morgan fingerprint density at radius 1 is 1.04 bits per heavy atom. The van der Waals surface area contributed by atoms with E-state index in [1.54, 1.807) is 24.3 Å². The van der Waals surface area contributed by atoms with Gasteiger partial charge in [0.05, 0.1) is 15.7 Å². The number of halogens is 2. The van der Waals surface area contributed by atoms with Crippen molar-refractivity contribution < 1.29 is 13.2 Å². The molecule has 0 bridgehead atoms. The lowest BCUT2D eigenvalue weighted by Gasteiger charge is -2.29. The number of hydrogen-bond acceptors (Lipinski definition) is 3. The number of piperidine rings is 1. The molecular weight excluding hydrogens is 419 g/mol. The van der Waals surface area contributed by atoms with Crippen LogP contribution >= 0.6 is 23.2 Å². The average molecular weight is 439 g/mol. The second-order valence-corrected chi connectivity index (χ2v) is 9.13. The zero-order valence-electron chi connectivity index (χ0n) is 15.0. The van der Waals surface area contributed by atoms with Gasteiger partial charge in [-0.2, -0.15) is 4.31 Å². The minimum atomic E-state index is -3.52. The fourth-order valence-corrected chi connectivity index (χ4v) is 4.59. The first-order valence-corrected chi connectivity index (χ1v) is 11.1. The van der Waals surface area contributed by atoms with Crippen LogP contribution in [0.25, 0.3) is 6.08 Å². The lowest BCUT2D eigenvalue weighted by atomic mass is 9.97. The SMILES string of the molecule is O=C(Nc1cccc(Cl)c1Cl)C1CCN(S(=O)(=O)/C=C/c2ccccc2)CC1. The molecule has 1 saturated heterocycles. The third kappa shape index (κ3) is 5.14. The summed E-state index contributed by atoms with van der Waals surface area (Å²) >= 11 is 12.1. The van der Waals surface area contributed by atoms with Gasteiger partial charge in [-0.1, -0.05) is 59.6 Å². The van der Waals surface area contributed by atoms with E-state index in [4.69, 9.17) is 23.2 Å². The molecule has 1 aliphatic heterocycles. The molecule has 1 fully saturated rings. The number of nitrogens with one attached hydrogen (secondary N) is 1. The van der Waals surface area contributed by atoms with Crippen LogP contribution in [0.5, 0.6) is 0 Å². The first kappa shape index (κ1) is 20.9. The summed E-state index contributed by atoms with van der Waals surface area (Å²) in [7, 11) is -3.52. The maximum atomic E-state index is 12.5. The normalized spacial score (nSPS) is 16.4. The Morgan fingerprint density at radius 3 is 2.39 bits per heavy atom. The highest BCUT2D eigenvalue weighted by atomic mass is 35.5. The molecule has 148 valence electrons. The van der Waals surface area contributed by atoms with E-state index in [9.17, 15) is 13.2 Å². The van der Waals surface area contributed by atoms with Gasteiger partial charge in [-0.05, 0) is 36.6 Å². The summed E-state index contributed by atoms with van der Waals surface area (Å²) in [4.78, 5) is 12.5. The van der Waals surface area contributed by atoms with Crippen LogP contribution < -0.4 is 5.32 Å². The number of hydrogen-bond donors (Lipinski definition) is 1. The van der Waals surface area contributed by atoms with Gasteiger partial charge in [0.2, 0.25) is 15.9 Å². The molecule has 0 unspecified atom stereocenters. The van der Waals surface area contributed by atoms with Crippen LogP contribution in [0.15, 0.2) is 53.9 Å². The maximum absolute atomic E-state index is 12.5. The van der Waals surface area contributed by atoms with E-state index in [-0.39, 0.29) is 11.8 Å². The molecule has 3 rings (SSSR count). The molecule has 0 spiro atoms. The lowest BCUT2D eigenvalue weighted by Crippen LogP contribution is -2.40. The summed E-state index contributed by atoms with van der Waals surface area (Å²) in [5.41, 5.74) is 1.28. The molecule has 0 saturated carbocycles. The van der Waals surface area contributed by atoms with Gasteiger partial charge in [0, 0.05) is 24.4 Å². The third-order valence-electron chi connectivity index (χ3n) is 4.63. The molecule has 2 aromatic rings. The van der Waals surface area contributed by atoms with Gasteiger partial charge < -0.3 is 5.32 Å². The van der Waals surface area contributed by atoms with Crippen molar-refractivity contribution in [3.05, 3.63) is 69.5 Å². The molecular formula is C20H20Cl2N2O3S. The number of nitrogens with zero attached hydrogens (tertiary/aromatic N) is 1. The number of amides is 1. The highest BCUT2D eigenvalue weighted by molar-refractivity contribution is 7.92. The van der Waals surface area contributed by atoms with Crippen LogP contribution in [0.3, 0.4) is 0 Å². The van der Waals surface area contributed by atoms with Crippen LogP contribution in [0.2, 0.25) is 10.0 Å². The van der Waals surface area contributed by atoms with Crippen molar-refractivity contribution in [3.63, 3.8) is 0 Å². The molecule has 1 N–H and O–H groups in total. The Balaban J connectivity index is 1.58.